The van der Waals surface area contributed by atoms with Crippen LogP contribution in [0.2, 0.25) is 0 Å². The Hall–Kier alpha value is -1.44. The largest absolute Gasteiger partial charge is 0.507 e. The first kappa shape index (κ1) is 27.6. The van der Waals surface area contributed by atoms with Gasteiger partial charge in [-0.05, 0) is 62.0 Å². The van der Waals surface area contributed by atoms with Crippen molar-refractivity contribution < 1.29 is 10.2 Å². The Morgan fingerprint density at radius 1 is 0.613 bits per heavy atom. The van der Waals surface area contributed by atoms with Gasteiger partial charge in [0.1, 0.15) is 11.5 Å². The van der Waals surface area contributed by atoms with Crippen molar-refractivity contribution in [1.82, 2.24) is 0 Å². The number of rotatable bonds is 14. The number of benzene rings is 1. The van der Waals surface area contributed by atoms with E-state index in [1.54, 1.807) is 0 Å². The van der Waals surface area contributed by atoms with Crippen LogP contribution in [0.4, 0.5) is 0 Å². The van der Waals surface area contributed by atoms with Gasteiger partial charge in [-0.1, -0.05) is 98.1 Å². The van der Waals surface area contributed by atoms with Gasteiger partial charge in [0.05, 0.1) is 0 Å². The third-order valence-corrected chi connectivity index (χ3v) is 7.11. The highest BCUT2D eigenvalue weighted by Gasteiger charge is 2.14. The first-order valence-electron chi connectivity index (χ1n) is 12.7. The average Bonchev–Trinajstić information content (AvgIpc) is 2.70. The van der Waals surface area contributed by atoms with Crippen molar-refractivity contribution in [3.63, 3.8) is 0 Å². The molecule has 31 heavy (non-hydrogen) atoms. The molecule has 178 valence electrons. The maximum Gasteiger partial charge on any atom is 0.126 e. The quantitative estimate of drug-likeness (QED) is 0.289. The zero-order valence-corrected chi connectivity index (χ0v) is 21.7. The van der Waals surface area contributed by atoms with Crippen molar-refractivity contribution >= 4 is 6.08 Å². The fourth-order valence-corrected chi connectivity index (χ4v) is 4.47. The summed E-state index contributed by atoms with van der Waals surface area (Å²) in [5.74, 6) is 3.58. The molecule has 0 aromatic heterocycles. The zero-order valence-electron chi connectivity index (χ0n) is 21.7. The number of hydrogen-bond donors (Lipinski definition) is 2. The van der Waals surface area contributed by atoms with E-state index < -0.39 is 0 Å². The van der Waals surface area contributed by atoms with E-state index in [-0.39, 0.29) is 0 Å². The Morgan fingerprint density at radius 2 is 1.06 bits per heavy atom. The molecule has 0 bridgehead atoms. The predicted molar refractivity (Wildman–Crippen MR) is 137 cm³/mol. The lowest BCUT2D eigenvalue weighted by molar-refractivity contribution is 0.383. The smallest absolute Gasteiger partial charge is 0.126 e. The maximum atomic E-state index is 10.5. The van der Waals surface area contributed by atoms with Crippen LogP contribution in [0.5, 0.6) is 11.5 Å². The lowest BCUT2D eigenvalue weighted by atomic mass is 9.91. The molecular formula is C29H50O2. The van der Waals surface area contributed by atoms with Crippen LogP contribution in [-0.2, 0) is 0 Å². The van der Waals surface area contributed by atoms with Crippen LogP contribution in [0.3, 0.4) is 0 Å². The standard InChI is InChI=1S/C29H50O2/c1-20(2)12-9-13-21(3)14-10-15-22(4)16-11-17-23(5)18-19-27-26(8)28(30)24(6)25(7)29(27)31/h18-23,30-31H,9-17H2,1-8H3/t21-,22+,23-/m1/s1. The Balaban J connectivity index is 2.34. The fourth-order valence-electron chi connectivity index (χ4n) is 4.47. The van der Waals surface area contributed by atoms with E-state index in [4.69, 9.17) is 0 Å². The molecule has 2 heteroatoms. The van der Waals surface area contributed by atoms with Crippen molar-refractivity contribution in [3.05, 3.63) is 28.3 Å². The van der Waals surface area contributed by atoms with Crippen LogP contribution in [0, 0.1) is 44.4 Å². The van der Waals surface area contributed by atoms with Crippen molar-refractivity contribution in [1.29, 1.82) is 0 Å². The van der Waals surface area contributed by atoms with E-state index >= 15 is 0 Å². The minimum atomic E-state index is 0.295. The molecule has 2 N–H and O–H groups in total. The molecule has 0 fully saturated rings. The third-order valence-electron chi connectivity index (χ3n) is 7.11. The summed E-state index contributed by atoms with van der Waals surface area (Å²) in [5, 5.41) is 20.8. The average molecular weight is 431 g/mol. The van der Waals surface area contributed by atoms with E-state index in [1.807, 2.05) is 26.8 Å². The summed E-state index contributed by atoms with van der Waals surface area (Å²) in [6, 6.07) is 0. The molecule has 3 atom stereocenters. The SMILES string of the molecule is Cc1c(C)c(O)c(C=C[C@H](C)CCC[C@@H](C)CCC[C@H](C)CCCC(C)C)c(C)c1O. The van der Waals surface area contributed by atoms with Gasteiger partial charge in [0.2, 0.25) is 0 Å². The van der Waals surface area contributed by atoms with E-state index in [2.05, 4.69) is 40.7 Å². The van der Waals surface area contributed by atoms with Crippen molar-refractivity contribution in [2.24, 2.45) is 23.7 Å². The molecule has 0 heterocycles. The summed E-state index contributed by atoms with van der Waals surface area (Å²) < 4.78 is 0. The molecule has 0 spiro atoms. The van der Waals surface area contributed by atoms with Crippen molar-refractivity contribution in [3.8, 4) is 11.5 Å². The first-order chi connectivity index (χ1) is 14.5. The minimum absolute atomic E-state index is 0.295. The molecule has 1 rings (SSSR count). The van der Waals surface area contributed by atoms with Gasteiger partial charge in [-0.15, -0.1) is 0 Å². The summed E-state index contributed by atoms with van der Waals surface area (Å²) in [7, 11) is 0. The molecule has 0 radical (unpaired) electrons. The van der Waals surface area contributed by atoms with E-state index in [0.29, 0.717) is 17.4 Å². The Kier molecular flexibility index (Phi) is 12.3. The summed E-state index contributed by atoms with van der Waals surface area (Å²) in [6.45, 7) is 17.3. The van der Waals surface area contributed by atoms with E-state index in [1.165, 1.54) is 57.8 Å². The molecule has 0 aliphatic heterocycles. The van der Waals surface area contributed by atoms with Crippen LogP contribution in [0.15, 0.2) is 6.08 Å². The summed E-state index contributed by atoms with van der Waals surface area (Å²) >= 11 is 0. The molecule has 1 aromatic rings. The molecule has 0 amide bonds. The van der Waals surface area contributed by atoms with Crippen molar-refractivity contribution in [2.75, 3.05) is 0 Å². The van der Waals surface area contributed by atoms with Gasteiger partial charge in [0.15, 0.2) is 0 Å². The number of hydrogen-bond acceptors (Lipinski definition) is 2. The Labute approximate surface area is 193 Å². The second kappa shape index (κ2) is 13.9. The minimum Gasteiger partial charge on any atom is -0.507 e. The third kappa shape index (κ3) is 9.71. The summed E-state index contributed by atoms with van der Waals surface area (Å²) in [6.07, 6.45) is 16.2. The molecule has 0 saturated heterocycles. The Morgan fingerprint density at radius 3 is 1.58 bits per heavy atom. The van der Waals surface area contributed by atoms with Gasteiger partial charge in [-0.25, -0.2) is 0 Å². The lowest BCUT2D eigenvalue weighted by Crippen LogP contribution is -2.01. The van der Waals surface area contributed by atoms with Gasteiger partial charge in [-0.3, -0.25) is 0 Å². The van der Waals surface area contributed by atoms with Crippen molar-refractivity contribution in [2.45, 2.75) is 113 Å². The van der Waals surface area contributed by atoms with Gasteiger partial charge in [-0.2, -0.15) is 0 Å². The molecule has 1 aromatic carbocycles. The van der Waals surface area contributed by atoms with Crippen LogP contribution < -0.4 is 0 Å². The molecule has 0 unspecified atom stereocenters. The second-order valence-corrected chi connectivity index (χ2v) is 10.7. The molecule has 0 saturated carbocycles. The normalized spacial score (nSPS) is 15.0. The van der Waals surface area contributed by atoms with Crippen LogP contribution in [0.1, 0.15) is 115 Å². The van der Waals surface area contributed by atoms with Gasteiger partial charge < -0.3 is 10.2 Å². The summed E-state index contributed by atoms with van der Waals surface area (Å²) in [4.78, 5) is 0. The molecule has 0 aliphatic rings. The van der Waals surface area contributed by atoms with Gasteiger partial charge >= 0.3 is 0 Å². The van der Waals surface area contributed by atoms with Gasteiger partial charge in [0.25, 0.3) is 0 Å². The van der Waals surface area contributed by atoms with Gasteiger partial charge in [0, 0.05) is 11.1 Å². The number of phenols is 2. The molecule has 0 aliphatic carbocycles. The Bertz CT molecular complexity index is 657. The van der Waals surface area contributed by atoms with Crippen LogP contribution >= 0.6 is 0 Å². The zero-order chi connectivity index (χ0) is 23.6. The highest BCUT2D eigenvalue weighted by Crippen LogP contribution is 2.37. The monoisotopic (exact) mass is 430 g/mol. The number of allylic oxidation sites excluding steroid dienone is 1. The highest BCUT2D eigenvalue weighted by atomic mass is 16.3. The topological polar surface area (TPSA) is 40.5 Å². The maximum absolute atomic E-state index is 10.5. The predicted octanol–water partition coefficient (Wildman–Crippen LogP) is 9.11. The fraction of sp³-hybridized carbons (Fsp3) is 0.724. The second-order valence-electron chi connectivity index (χ2n) is 10.7. The van der Waals surface area contributed by atoms with Crippen LogP contribution in [-0.4, -0.2) is 10.2 Å². The number of phenolic OH excluding ortho intramolecular Hbond substituents is 2. The highest BCUT2D eigenvalue weighted by molar-refractivity contribution is 5.68. The first-order valence-corrected chi connectivity index (χ1v) is 12.7. The molecule has 2 nitrogen and oxygen atoms in total. The molecular weight excluding hydrogens is 380 g/mol. The lowest BCUT2D eigenvalue weighted by Gasteiger charge is -2.16. The summed E-state index contributed by atoms with van der Waals surface area (Å²) in [5.41, 5.74) is 3.04. The van der Waals surface area contributed by atoms with Crippen LogP contribution in [0.25, 0.3) is 6.08 Å². The number of aromatic hydroxyl groups is 2. The van der Waals surface area contributed by atoms with E-state index in [9.17, 15) is 10.2 Å². The van der Waals surface area contributed by atoms with E-state index in [0.717, 1.165) is 40.0 Å².